The Morgan fingerprint density at radius 3 is 3.00 bits per heavy atom. The molecule has 5 nitrogen and oxygen atoms in total. The van der Waals surface area contributed by atoms with E-state index in [2.05, 4.69) is 27.8 Å². The van der Waals surface area contributed by atoms with Crippen LogP contribution >= 0.6 is 23.1 Å². The number of carbonyl (C=O) groups is 1. The molecular formula is C11H18N4OS2. The Bertz CT molecular complexity index is 406. The molecule has 1 aromatic rings. The van der Waals surface area contributed by atoms with Crippen LogP contribution in [0.3, 0.4) is 0 Å². The quantitative estimate of drug-likeness (QED) is 0.752. The van der Waals surface area contributed by atoms with E-state index in [4.69, 9.17) is 0 Å². The zero-order chi connectivity index (χ0) is 13.0. The summed E-state index contributed by atoms with van der Waals surface area (Å²) in [5.74, 6) is 0.0979. The van der Waals surface area contributed by atoms with E-state index in [9.17, 15) is 4.79 Å². The van der Waals surface area contributed by atoms with Gasteiger partial charge in [0.25, 0.3) is 0 Å². The molecule has 1 heterocycles. The van der Waals surface area contributed by atoms with Crippen LogP contribution < -0.4 is 10.6 Å². The molecular weight excluding hydrogens is 268 g/mol. The molecule has 0 radical (unpaired) electrons. The van der Waals surface area contributed by atoms with Crippen LogP contribution in [0.5, 0.6) is 0 Å². The first kappa shape index (κ1) is 13.6. The molecule has 18 heavy (non-hydrogen) atoms. The van der Waals surface area contributed by atoms with Gasteiger partial charge in [0.05, 0.1) is 5.25 Å². The Morgan fingerprint density at radius 1 is 1.56 bits per heavy atom. The van der Waals surface area contributed by atoms with Crippen LogP contribution in [0, 0.1) is 0 Å². The van der Waals surface area contributed by atoms with E-state index in [1.807, 2.05) is 6.92 Å². The Balaban J connectivity index is 1.80. The Hall–Kier alpha value is -0.820. The molecule has 1 aliphatic carbocycles. The Labute approximate surface area is 115 Å². The van der Waals surface area contributed by atoms with Gasteiger partial charge in [0.15, 0.2) is 4.34 Å². The normalized spacial score (nSPS) is 16.3. The van der Waals surface area contributed by atoms with E-state index < -0.39 is 0 Å². The van der Waals surface area contributed by atoms with Crippen LogP contribution in [0.15, 0.2) is 4.34 Å². The van der Waals surface area contributed by atoms with Crippen molar-refractivity contribution in [2.24, 2.45) is 0 Å². The van der Waals surface area contributed by atoms with Gasteiger partial charge in [-0.3, -0.25) is 4.79 Å². The van der Waals surface area contributed by atoms with Gasteiger partial charge >= 0.3 is 0 Å². The van der Waals surface area contributed by atoms with Crippen LogP contribution in [-0.2, 0) is 4.79 Å². The number of carbonyl (C=O) groups excluding carboxylic acids is 1. The summed E-state index contributed by atoms with van der Waals surface area (Å²) in [5.41, 5.74) is 0. The van der Waals surface area contributed by atoms with E-state index >= 15 is 0 Å². The third-order valence-electron chi connectivity index (χ3n) is 2.50. The van der Waals surface area contributed by atoms with Gasteiger partial charge in [-0.1, -0.05) is 30.0 Å². The lowest BCUT2D eigenvalue weighted by Gasteiger charge is -2.08. The average Bonchev–Trinajstić information content (AvgIpc) is 3.05. The van der Waals surface area contributed by atoms with Crippen LogP contribution in [-0.4, -0.2) is 33.9 Å². The molecule has 100 valence electrons. The monoisotopic (exact) mass is 286 g/mol. The van der Waals surface area contributed by atoms with Crippen molar-refractivity contribution in [2.75, 3.05) is 11.9 Å². The van der Waals surface area contributed by atoms with Gasteiger partial charge in [-0.2, -0.15) is 0 Å². The molecule has 0 aromatic carbocycles. The molecule has 1 aliphatic rings. The molecule has 1 aromatic heterocycles. The van der Waals surface area contributed by atoms with E-state index in [0.717, 1.165) is 35.3 Å². The van der Waals surface area contributed by atoms with Crippen molar-refractivity contribution in [2.45, 2.75) is 48.7 Å². The number of nitrogens with zero attached hydrogens (tertiary/aromatic N) is 2. The van der Waals surface area contributed by atoms with Crippen LogP contribution in [0.1, 0.15) is 33.1 Å². The molecule has 0 unspecified atom stereocenters. The number of anilines is 1. The van der Waals surface area contributed by atoms with Crippen LogP contribution in [0.2, 0.25) is 0 Å². The van der Waals surface area contributed by atoms with Gasteiger partial charge < -0.3 is 10.6 Å². The largest absolute Gasteiger partial charge is 0.360 e. The molecule has 1 atom stereocenters. The van der Waals surface area contributed by atoms with E-state index in [1.54, 1.807) is 0 Å². The number of thioether (sulfide) groups is 1. The fourth-order valence-corrected chi connectivity index (χ4v) is 3.24. The maximum atomic E-state index is 11.8. The van der Waals surface area contributed by atoms with Crippen molar-refractivity contribution in [3.05, 3.63) is 0 Å². The summed E-state index contributed by atoms with van der Waals surface area (Å²) in [6, 6.07) is 0.414. The minimum atomic E-state index is -0.113. The van der Waals surface area contributed by atoms with Gasteiger partial charge in [0.1, 0.15) is 0 Å². The third kappa shape index (κ3) is 4.13. The van der Waals surface area contributed by atoms with Crippen molar-refractivity contribution in [1.82, 2.24) is 15.5 Å². The standard InChI is InChI=1S/C11H18N4OS2/c1-3-6-12-10-14-15-11(18-10)17-7(2)9(16)13-8-4-5-8/h7-8H,3-6H2,1-2H3,(H,12,14)(H,13,16)/t7-/m0/s1. The lowest BCUT2D eigenvalue weighted by Crippen LogP contribution is -2.32. The molecule has 0 aliphatic heterocycles. The van der Waals surface area contributed by atoms with Gasteiger partial charge in [-0.05, 0) is 26.2 Å². The Kier molecular flexibility index (Phi) is 4.82. The van der Waals surface area contributed by atoms with E-state index in [0.29, 0.717) is 6.04 Å². The summed E-state index contributed by atoms with van der Waals surface area (Å²) in [5, 5.41) is 15.0. The first-order valence-corrected chi connectivity index (χ1v) is 7.93. The maximum absolute atomic E-state index is 11.8. The predicted molar refractivity (Wildman–Crippen MR) is 75.2 cm³/mol. The van der Waals surface area contributed by atoms with E-state index in [-0.39, 0.29) is 11.2 Å². The number of amides is 1. The second-order valence-electron chi connectivity index (χ2n) is 4.34. The highest BCUT2D eigenvalue weighted by Gasteiger charge is 2.26. The van der Waals surface area contributed by atoms with Crippen molar-refractivity contribution >= 4 is 34.1 Å². The van der Waals surface area contributed by atoms with Gasteiger partial charge in [-0.25, -0.2) is 0 Å². The summed E-state index contributed by atoms with van der Waals surface area (Å²) in [4.78, 5) is 11.8. The first-order chi connectivity index (χ1) is 8.69. The number of rotatable bonds is 7. The fraction of sp³-hybridized carbons (Fsp3) is 0.727. The molecule has 0 bridgehead atoms. The second-order valence-corrected chi connectivity index (χ2v) is 6.91. The lowest BCUT2D eigenvalue weighted by molar-refractivity contribution is -0.120. The van der Waals surface area contributed by atoms with E-state index in [1.165, 1.54) is 23.1 Å². The molecule has 7 heteroatoms. The SMILES string of the molecule is CCCNc1nnc(S[C@@H](C)C(=O)NC2CC2)s1. The summed E-state index contributed by atoms with van der Waals surface area (Å²) in [7, 11) is 0. The van der Waals surface area contributed by atoms with Crippen molar-refractivity contribution in [3.8, 4) is 0 Å². The minimum Gasteiger partial charge on any atom is -0.360 e. The lowest BCUT2D eigenvalue weighted by atomic mass is 10.4. The second kappa shape index (κ2) is 6.38. The van der Waals surface area contributed by atoms with Crippen LogP contribution in [0.4, 0.5) is 5.13 Å². The van der Waals surface area contributed by atoms with Crippen molar-refractivity contribution in [3.63, 3.8) is 0 Å². The fourth-order valence-electron chi connectivity index (χ4n) is 1.31. The average molecular weight is 286 g/mol. The molecule has 1 saturated carbocycles. The van der Waals surface area contributed by atoms with Gasteiger partial charge in [-0.15, -0.1) is 10.2 Å². The van der Waals surface area contributed by atoms with Crippen molar-refractivity contribution in [1.29, 1.82) is 0 Å². The third-order valence-corrected chi connectivity index (χ3v) is 4.57. The maximum Gasteiger partial charge on any atom is 0.233 e. The highest BCUT2D eigenvalue weighted by molar-refractivity contribution is 8.02. The first-order valence-electron chi connectivity index (χ1n) is 6.23. The molecule has 2 N–H and O–H groups in total. The molecule has 1 amide bonds. The van der Waals surface area contributed by atoms with Gasteiger partial charge in [0.2, 0.25) is 11.0 Å². The predicted octanol–water partition coefficient (Wildman–Crippen LogP) is 2.12. The summed E-state index contributed by atoms with van der Waals surface area (Å²) in [6.45, 7) is 4.91. The topological polar surface area (TPSA) is 66.9 Å². The molecule has 2 rings (SSSR count). The zero-order valence-corrected chi connectivity index (χ0v) is 12.2. The zero-order valence-electron chi connectivity index (χ0n) is 10.6. The smallest absolute Gasteiger partial charge is 0.233 e. The number of nitrogens with one attached hydrogen (secondary N) is 2. The molecule has 0 spiro atoms. The number of hydrogen-bond donors (Lipinski definition) is 2. The highest BCUT2D eigenvalue weighted by atomic mass is 32.2. The molecule has 0 saturated heterocycles. The number of aromatic nitrogens is 2. The van der Waals surface area contributed by atoms with Gasteiger partial charge in [0, 0.05) is 12.6 Å². The van der Waals surface area contributed by atoms with Crippen molar-refractivity contribution < 1.29 is 4.79 Å². The summed E-state index contributed by atoms with van der Waals surface area (Å²) < 4.78 is 0.840. The summed E-state index contributed by atoms with van der Waals surface area (Å²) in [6.07, 6.45) is 3.29. The van der Waals surface area contributed by atoms with Crippen LogP contribution in [0.25, 0.3) is 0 Å². The number of hydrogen-bond acceptors (Lipinski definition) is 6. The Morgan fingerprint density at radius 2 is 2.33 bits per heavy atom. The highest BCUT2D eigenvalue weighted by Crippen LogP contribution is 2.29. The minimum absolute atomic E-state index is 0.0979. The summed E-state index contributed by atoms with van der Waals surface area (Å²) >= 11 is 2.97. The molecule has 1 fully saturated rings.